The fourth-order valence-electron chi connectivity index (χ4n) is 2.26. The van der Waals surface area contributed by atoms with E-state index in [2.05, 4.69) is 5.32 Å². The van der Waals surface area contributed by atoms with Crippen LogP contribution < -0.4 is 10.2 Å². The number of nitrogens with zero attached hydrogens (tertiary/aromatic N) is 1. The van der Waals surface area contributed by atoms with Crippen LogP contribution in [0.2, 0.25) is 0 Å². The third-order valence-electron chi connectivity index (χ3n) is 3.56. The van der Waals surface area contributed by atoms with Gasteiger partial charge in [-0.05, 0) is 24.3 Å². The van der Waals surface area contributed by atoms with Crippen molar-refractivity contribution in [2.45, 2.75) is 19.4 Å². The van der Waals surface area contributed by atoms with Gasteiger partial charge in [0.2, 0.25) is 5.91 Å². The summed E-state index contributed by atoms with van der Waals surface area (Å²) in [7, 11) is 1.63. The lowest BCUT2D eigenvalue weighted by Gasteiger charge is -2.21. The van der Waals surface area contributed by atoms with Crippen LogP contribution in [0.4, 0.5) is 5.69 Å². The van der Waals surface area contributed by atoms with E-state index in [0.29, 0.717) is 23.4 Å². The highest BCUT2D eigenvalue weighted by atomic mass is 16.3. The summed E-state index contributed by atoms with van der Waals surface area (Å²) in [6.07, 6.45) is 1.82. The fraction of sp³-hybridized carbons (Fsp3) is 0.294. The quantitative estimate of drug-likeness (QED) is 0.855. The second-order valence-electron chi connectivity index (χ2n) is 5.05. The molecule has 0 aliphatic heterocycles. The Hall–Kier alpha value is -2.60. The summed E-state index contributed by atoms with van der Waals surface area (Å²) in [5.74, 6) is -0.00174. The zero-order chi connectivity index (χ0) is 16.8. The molecule has 2 N–H and O–H groups in total. The molecule has 0 aliphatic rings. The van der Waals surface area contributed by atoms with E-state index in [1.165, 1.54) is 11.2 Å². The summed E-state index contributed by atoms with van der Waals surface area (Å²) < 4.78 is 5.22. The van der Waals surface area contributed by atoms with Gasteiger partial charge in [-0.2, -0.15) is 0 Å². The highest BCUT2D eigenvalue weighted by Crippen LogP contribution is 2.21. The molecule has 0 radical (unpaired) electrons. The van der Waals surface area contributed by atoms with Crippen molar-refractivity contribution in [1.29, 1.82) is 0 Å². The summed E-state index contributed by atoms with van der Waals surface area (Å²) in [5, 5.41) is 12.2. The predicted octanol–water partition coefficient (Wildman–Crippen LogP) is 2.12. The molecule has 2 rings (SSSR count). The maximum Gasteiger partial charge on any atom is 0.254 e. The molecule has 122 valence electrons. The SMILES string of the molecule is CCC(=O)N(C)c1ccccc1C(=O)NC(CO)c1ccco1. The highest BCUT2D eigenvalue weighted by molar-refractivity contribution is 6.04. The number of hydrogen-bond acceptors (Lipinski definition) is 4. The van der Waals surface area contributed by atoms with Crippen molar-refractivity contribution in [3.05, 3.63) is 54.0 Å². The van der Waals surface area contributed by atoms with Crippen LogP contribution in [-0.4, -0.2) is 30.6 Å². The van der Waals surface area contributed by atoms with Gasteiger partial charge < -0.3 is 19.7 Å². The van der Waals surface area contributed by atoms with Gasteiger partial charge in [0, 0.05) is 13.5 Å². The van der Waals surface area contributed by atoms with Crippen LogP contribution in [-0.2, 0) is 4.79 Å². The lowest BCUT2D eigenvalue weighted by Crippen LogP contribution is -2.33. The molecule has 0 fully saturated rings. The Balaban J connectivity index is 2.24. The lowest BCUT2D eigenvalue weighted by atomic mass is 10.1. The van der Waals surface area contributed by atoms with Crippen LogP contribution in [0, 0.1) is 0 Å². The van der Waals surface area contributed by atoms with E-state index in [1.54, 1.807) is 50.4 Å². The van der Waals surface area contributed by atoms with Crippen LogP contribution in [0.3, 0.4) is 0 Å². The van der Waals surface area contributed by atoms with Crippen molar-refractivity contribution in [2.75, 3.05) is 18.6 Å². The van der Waals surface area contributed by atoms with Gasteiger partial charge in [0.25, 0.3) is 5.91 Å². The molecule has 0 saturated carbocycles. The molecule has 1 heterocycles. The normalized spacial score (nSPS) is 11.8. The Morgan fingerprint density at radius 2 is 2.00 bits per heavy atom. The third-order valence-corrected chi connectivity index (χ3v) is 3.56. The van der Waals surface area contributed by atoms with Gasteiger partial charge in [-0.1, -0.05) is 19.1 Å². The molecule has 2 amide bonds. The Kier molecular flexibility index (Phi) is 5.54. The second kappa shape index (κ2) is 7.60. The minimum absolute atomic E-state index is 0.0880. The van der Waals surface area contributed by atoms with Crippen molar-refractivity contribution in [1.82, 2.24) is 5.32 Å². The smallest absolute Gasteiger partial charge is 0.254 e. The maximum atomic E-state index is 12.5. The van der Waals surface area contributed by atoms with E-state index in [1.807, 2.05) is 0 Å². The largest absolute Gasteiger partial charge is 0.467 e. The minimum Gasteiger partial charge on any atom is -0.467 e. The van der Waals surface area contributed by atoms with Crippen molar-refractivity contribution < 1.29 is 19.1 Å². The van der Waals surface area contributed by atoms with Gasteiger partial charge in [0.15, 0.2) is 0 Å². The molecule has 0 spiro atoms. The first-order valence-corrected chi connectivity index (χ1v) is 7.39. The highest BCUT2D eigenvalue weighted by Gasteiger charge is 2.21. The number of rotatable bonds is 6. The van der Waals surface area contributed by atoms with Gasteiger partial charge in [-0.15, -0.1) is 0 Å². The van der Waals surface area contributed by atoms with Crippen LogP contribution in [0.15, 0.2) is 47.1 Å². The van der Waals surface area contributed by atoms with Crippen molar-refractivity contribution in [2.24, 2.45) is 0 Å². The number of nitrogens with one attached hydrogen (secondary N) is 1. The van der Waals surface area contributed by atoms with E-state index in [0.717, 1.165) is 0 Å². The standard InChI is InChI=1S/C17H20N2O4/c1-3-16(21)19(2)14-8-5-4-7-12(14)17(22)18-13(11-20)15-9-6-10-23-15/h4-10,13,20H,3,11H2,1-2H3,(H,18,22). The number of aliphatic hydroxyl groups is 1. The molecular weight excluding hydrogens is 296 g/mol. The lowest BCUT2D eigenvalue weighted by molar-refractivity contribution is -0.118. The van der Waals surface area contributed by atoms with Crippen molar-refractivity contribution in [3.8, 4) is 0 Å². The Morgan fingerprint density at radius 1 is 1.26 bits per heavy atom. The van der Waals surface area contributed by atoms with Crippen molar-refractivity contribution >= 4 is 17.5 Å². The molecule has 0 saturated heterocycles. The van der Waals surface area contributed by atoms with E-state index in [-0.39, 0.29) is 18.4 Å². The Bertz CT molecular complexity index is 667. The molecule has 0 bridgehead atoms. The van der Waals surface area contributed by atoms with E-state index >= 15 is 0 Å². The summed E-state index contributed by atoms with van der Waals surface area (Å²) >= 11 is 0. The molecule has 2 aromatic rings. The van der Waals surface area contributed by atoms with Crippen LogP contribution in [0.1, 0.15) is 35.5 Å². The number of carbonyl (C=O) groups is 2. The van der Waals surface area contributed by atoms with Crippen LogP contribution >= 0.6 is 0 Å². The molecule has 1 unspecified atom stereocenters. The molecule has 6 heteroatoms. The zero-order valence-electron chi connectivity index (χ0n) is 13.2. The van der Waals surface area contributed by atoms with Crippen molar-refractivity contribution in [3.63, 3.8) is 0 Å². The zero-order valence-corrected chi connectivity index (χ0v) is 13.2. The number of anilines is 1. The Morgan fingerprint density at radius 3 is 2.61 bits per heavy atom. The molecule has 6 nitrogen and oxygen atoms in total. The topological polar surface area (TPSA) is 82.8 Å². The van der Waals surface area contributed by atoms with Crippen LogP contribution in [0.25, 0.3) is 0 Å². The molecule has 1 aromatic heterocycles. The predicted molar refractivity (Wildman–Crippen MR) is 86.1 cm³/mol. The van der Waals surface area contributed by atoms with E-state index < -0.39 is 6.04 Å². The average molecular weight is 316 g/mol. The van der Waals surface area contributed by atoms with E-state index in [4.69, 9.17) is 4.42 Å². The third kappa shape index (κ3) is 3.78. The second-order valence-corrected chi connectivity index (χ2v) is 5.05. The number of amides is 2. The Labute approximate surface area is 134 Å². The van der Waals surface area contributed by atoms with Gasteiger partial charge in [-0.25, -0.2) is 0 Å². The van der Waals surface area contributed by atoms with Gasteiger partial charge in [-0.3, -0.25) is 9.59 Å². The molecular formula is C17H20N2O4. The minimum atomic E-state index is -0.641. The number of para-hydroxylation sites is 1. The summed E-state index contributed by atoms with van der Waals surface area (Å²) in [6, 6.07) is 9.57. The van der Waals surface area contributed by atoms with Gasteiger partial charge >= 0.3 is 0 Å². The number of furan rings is 1. The van der Waals surface area contributed by atoms with Crippen LogP contribution in [0.5, 0.6) is 0 Å². The maximum absolute atomic E-state index is 12.5. The number of benzene rings is 1. The molecule has 1 atom stereocenters. The first kappa shape index (κ1) is 16.8. The van der Waals surface area contributed by atoms with Gasteiger partial charge in [0.1, 0.15) is 11.8 Å². The molecule has 0 aliphatic carbocycles. The average Bonchev–Trinajstić information content (AvgIpc) is 3.12. The summed E-state index contributed by atoms with van der Waals surface area (Å²) in [5.41, 5.74) is 0.884. The first-order chi connectivity index (χ1) is 11.1. The summed E-state index contributed by atoms with van der Waals surface area (Å²) in [6.45, 7) is 1.48. The number of carbonyl (C=O) groups excluding carboxylic acids is 2. The summed E-state index contributed by atoms with van der Waals surface area (Å²) in [4.78, 5) is 25.9. The monoisotopic (exact) mass is 316 g/mol. The van der Waals surface area contributed by atoms with E-state index in [9.17, 15) is 14.7 Å². The fourth-order valence-corrected chi connectivity index (χ4v) is 2.26. The van der Waals surface area contributed by atoms with Gasteiger partial charge in [0.05, 0.1) is 24.1 Å². The number of aliphatic hydroxyl groups excluding tert-OH is 1. The first-order valence-electron chi connectivity index (χ1n) is 7.39. The number of hydrogen-bond donors (Lipinski definition) is 2. The molecule has 1 aromatic carbocycles. The molecule has 23 heavy (non-hydrogen) atoms.